The fourth-order valence-electron chi connectivity index (χ4n) is 4.94. The molecule has 1 amide bonds. The number of fused-ring (bicyclic) bond motifs is 1. The van der Waals surface area contributed by atoms with E-state index in [-0.39, 0.29) is 11.8 Å². The Labute approximate surface area is 210 Å². The Hall–Kier alpha value is -4.04. The molecule has 0 radical (unpaired) electrons. The summed E-state index contributed by atoms with van der Waals surface area (Å²) in [6.07, 6.45) is 2.87. The molecule has 2 aliphatic heterocycles. The predicted octanol–water partition coefficient (Wildman–Crippen LogP) is 3.65. The summed E-state index contributed by atoms with van der Waals surface area (Å²) in [7, 11) is 0. The van der Waals surface area contributed by atoms with Gasteiger partial charge >= 0.3 is 11.8 Å². The second-order valence-electron chi connectivity index (χ2n) is 9.31. The minimum Gasteiger partial charge on any atom is -0.412 e. The summed E-state index contributed by atoms with van der Waals surface area (Å²) < 4.78 is 5.78. The molecule has 4 aromatic rings. The average Bonchev–Trinajstić information content (AvgIpc) is 3.44. The van der Waals surface area contributed by atoms with Crippen molar-refractivity contribution in [2.45, 2.75) is 19.5 Å². The van der Waals surface area contributed by atoms with Gasteiger partial charge in [0.25, 0.3) is 0 Å². The predicted molar refractivity (Wildman–Crippen MR) is 136 cm³/mol. The third-order valence-corrected chi connectivity index (χ3v) is 6.96. The Bertz CT molecular complexity index is 1330. The lowest BCUT2D eigenvalue weighted by Crippen LogP contribution is -2.49. The van der Waals surface area contributed by atoms with E-state index in [1.165, 1.54) is 16.7 Å². The molecular formula is C28H28N6O2. The molecule has 0 unspecified atom stereocenters. The Morgan fingerprint density at radius 1 is 0.833 bits per heavy atom. The number of hydrogen-bond acceptors (Lipinski definition) is 7. The molecule has 6 rings (SSSR count). The van der Waals surface area contributed by atoms with Gasteiger partial charge in [0.15, 0.2) is 0 Å². The van der Waals surface area contributed by atoms with E-state index in [1.807, 2.05) is 30.3 Å². The first-order chi connectivity index (χ1) is 17.7. The molecule has 8 nitrogen and oxygen atoms in total. The number of carbonyl (C=O) groups is 1. The van der Waals surface area contributed by atoms with Crippen LogP contribution in [-0.4, -0.2) is 63.6 Å². The molecule has 0 atom stereocenters. The number of pyridine rings is 1. The lowest BCUT2D eigenvalue weighted by Gasteiger charge is -2.34. The van der Waals surface area contributed by atoms with Crippen molar-refractivity contribution >= 4 is 11.7 Å². The van der Waals surface area contributed by atoms with E-state index in [2.05, 4.69) is 61.4 Å². The standard InChI is InChI=1S/C28H28N6O2/c35-28(34-17-15-33(16-18-34)25-7-3-4-13-29-25)27-31-30-26(36-27)23-10-8-21(9-11-23)19-32-14-12-22-5-1-2-6-24(22)20-32/h1-11,13H,12,14-20H2. The fraction of sp³-hybridized carbons (Fsp3) is 0.286. The van der Waals surface area contributed by atoms with Crippen molar-refractivity contribution < 1.29 is 9.21 Å². The number of piperazine rings is 1. The molecule has 0 N–H and O–H groups in total. The van der Waals surface area contributed by atoms with Gasteiger partial charge in [-0.2, -0.15) is 0 Å². The molecule has 182 valence electrons. The highest BCUT2D eigenvalue weighted by atomic mass is 16.4. The van der Waals surface area contributed by atoms with E-state index in [1.54, 1.807) is 11.1 Å². The van der Waals surface area contributed by atoms with Crippen LogP contribution in [0.25, 0.3) is 11.5 Å². The molecule has 2 aromatic heterocycles. The largest absolute Gasteiger partial charge is 0.412 e. The number of benzene rings is 2. The highest BCUT2D eigenvalue weighted by Crippen LogP contribution is 2.23. The molecule has 2 aliphatic rings. The molecular weight excluding hydrogens is 452 g/mol. The van der Waals surface area contributed by atoms with E-state index in [4.69, 9.17) is 4.42 Å². The third-order valence-electron chi connectivity index (χ3n) is 6.96. The van der Waals surface area contributed by atoms with Crippen molar-refractivity contribution in [1.29, 1.82) is 0 Å². The van der Waals surface area contributed by atoms with Crippen LogP contribution < -0.4 is 4.90 Å². The number of aromatic nitrogens is 3. The van der Waals surface area contributed by atoms with Crippen LogP contribution in [0.1, 0.15) is 27.4 Å². The zero-order valence-electron chi connectivity index (χ0n) is 20.1. The molecule has 2 aromatic carbocycles. The van der Waals surface area contributed by atoms with Crippen LogP contribution in [0.2, 0.25) is 0 Å². The van der Waals surface area contributed by atoms with Gasteiger partial charge in [0.1, 0.15) is 5.82 Å². The zero-order chi connectivity index (χ0) is 24.3. The summed E-state index contributed by atoms with van der Waals surface area (Å²) in [6, 6.07) is 22.7. The van der Waals surface area contributed by atoms with E-state index in [9.17, 15) is 4.79 Å². The van der Waals surface area contributed by atoms with Gasteiger partial charge in [-0.05, 0) is 47.4 Å². The van der Waals surface area contributed by atoms with Gasteiger partial charge in [-0.25, -0.2) is 4.98 Å². The molecule has 8 heteroatoms. The second-order valence-corrected chi connectivity index (χ2v) is 9.31. The molecule has 1 fully saturated rings. The zero-order valence-corrected chi connectivity index (χ0v) is 20.1. The van der Waals surface area contributed by atoms with E-state index >= 15 is 0 Å². The number of carbonyl (C=O) groups excluding carboxylic acids is 1. The lowest BCUT2D eigenvalue weighted by atomic mass is 9.99. The van der Waals surface area contributed by atoms with Crippen molar-refractivity contribution in [1.82, 2.24) is 25.0 Å². The van der Waals surface area contributed by atoms with Crippen LogP contribution in [0.4, 0.5) is 5.82 Å². The summed E-state index contributed by atoms with van der Waals surface area (Å²) in [5.41, 5.74) is 4.93. The Kier molecular flexibility index (Phi) is 6.17. The smallest absolute Gasteiger partial charge is 0.311 e. The van der Waals surface area contributed by atoms with Crippen molar-refractivity contribution in [3.63, 3.8) is 0 Å². The highest BCUT2D eigenvalue weighted by Gasteiger charge is 2.27. The van der Waals surface area contributed by atoms with Crippen molar-refractivity contribution in [2.75, 3.05) is 37.6 Å². The molecule has 0 spiro atoms. The van der Waals surface area contributed by atoms with Gasteiger partial charge in [-0.3, -0.25) is 9.69 Å². The number of hydrogen-bond donors (Lipinski definition) is 0. The normalized spacial score (nSPS) is 16.1. The number of anilines is 1. The van der Waals surface area contributed by atoms with Gasteiger partial charge in [0.05, 0.1) is 0 Å². The first-order valence-electron chi connectivity index (χ1n) is 12.4. The molecule has 36 heavy (non-hydrogen) atoms. The Balaban J connectivity index is 1.06. The van der Waals surface area contributed by atoms with Crippen molar-refractivity contribution in [3.8, 4) is 11.5 Å². The Morgan fingerprint density at radius 3 is 2.39 bits per heavy atom. The maximum absolute atomic E-state index is 12.9. The quantitative estimate of drug-likeness (QED) is 0.431. The van der Waals surface area contributed by atoms with E-state index in [0.29, 0.717) is 32.1 Å². The SMILES string of the molecule is O=C(c1nnc(-c2ccc(CN3CCc4ccccc4C3)cc2)o1)N1CCN(c2ccccn2)CC1. The lowest BCUT2D eigenvalue weighted by molar-refractivity contribution is 0.0707. The summed E-state index contributed by atoms with van der Waals surface area (Å²) in [5.74, 6) is 1.10. The van der Waals surface area contributed by atoms with E-state index < -0.39 is 0 Å². The van der Waals surface area contributed by atoms with Gasteiger partial charge in [-0.1, -0.05) is 42.5 Å². The van der Waals surface area contributed by atoms with Crippen molar-refractivity contribution in [3.05, 3.63) is 95.5 Å². The van der Waals surface area contributed by atoms with Gasteiger partial charge < -0.3 is 14.2 Å². The van der Waals surface area contributed by atoms with Crippen LogP contribution in [0.15, 0.2) is 77.3 Å². The monoisotopic (exact) mass is 480 g/mol. The maximum atomic E-state index is 12.9. The summed E-state index contributed by atoms with van der Waals surface area (Å²) in [5, 5.41) is 8.18. The van der Waals surface area contributed by atoms with Gasteiger partial charge in [0, 0.05) is 57.6 Å². The number of rotatable bonds is 5. The van der Waals surface area contributed by atoms with Crippen LogP contribution in [0.3, 0.4) is 0 Å². The van der Waals surface area contributed by atoms with Crippen LogP contribution in [0, 0.1) is 0 Å². The highest BCUT2D eigenvalue weighted by molar-refractivity contribution is 5.90. The molecule has 4 heterocycles. The molecule has 0 bridgehead atoms. The molecule has 0 saturated carbocycles. The summed E-state index contributed by atoms with van der Waals surface area (Å²) in [6.45, 7) is 5.53. The Morgan fingerprint density at radius 2 is 1.61 bits per heavy atom. The first-order valence-corrected chi connectivity index (χ1v) is 12.4. The molecule has 0 aliphatic carbocycles. The number of amides is 1. The summed E-state index contributed by atoms with van der Waals surface area (Å²) in [4.78, 5) is 23.7. The third kappa shape index (κ3) is 4.72. The minimum absolute atomic E-state index is 0.0346. The van der Waals surface area contributed by atoms with E-state index in [0.717, 1.165) is 37.4 Å². The minimum atomic E-state index is -0.226. The average molecular weight is 481 g/mol. The second kappa shape index (κ2) is 9.91. The topological polar surface area (TPSA) is 78.6 Å². The van der Waals surface area contributed by atoms with Crippen LogP contribution >= 0.6 is 0 Å². The fourth-order valence-corrected chi connectivity index (χ4v) is 4.94. The van der Waals surface area contributed by atoms with Gasteiger partial charge in [-0.15, -0.1) is 10.2 Å². The summed E-state index contributed by atoms with van der Waals surface area (Å²) >= 11 is 0. The van der Waals surface area contributed by atoms with Gasteiger partial charge in [0.2, 0.25) is 5.89 Å². The van der Waals surface area contributed by atoms with Crippen LogP contribution in [-0.2, 0) is 19.5 Å². The molecule has 1 saturated heterocycles. The number of nitrogens with zero attached hydrogens (tertiary/aromatic N) is 6. The van der Waals surface area contributed by atoms with Crippen LogP contribution in [0.5, 0.6) is 0 Å². The first kappa shape index (κ1) is 22.4. The van der Waals surface area contributed by atoms with Crippen molar-refractivity contribution in [2.24, 2.45) is 0 Å². The maximum Gasteiger partial charge on any atom is 0.311 e.